The minimum atomic E-state index is -0.0931. The number of hydrogen-bond acceptors (Lipinski definition) is 3. The lowest BCUT2D eigenvalue weighted by Gasteiger charge is -2.31. The van der Waals surface area contributed by atoms with E-state index in [-0.39, 0.29) is 17.0 Å². The third-order valence-electron chi connectivity index (χ3n) is 3.66. The number of Topliss-reactive ketones (excluding diaryl/α,β-unsaturated/α-hetero) is 1. The number of aliphatic hydroxyl groups is 1. The second-order valence-electron chi connectivity index (χ2n) is 6.36. The van der Waals surface area contributed by atoms with Gasteiger partial charge in [0, 0.05) is 24.2 Å². The number of aliphatic hydroxyl groups excluding tert-OH is 1. The minimum Gasteiger partial charge on any atom is -0.506 e. The highest BCUT2D eigenvalue weighted by molar-refractivity contribution is 6.28. The largest absolute Gasteiger partial charge is 0.506 e. The van der Waals surface area contributed by atoms with E-state index in [1.165, 1.54) is 0 Å². The molecule has 0 heterocycles. The van der Waals surface area contributed by atoms with E-state index in [0.717, 1.165) is 18.6 Å². The van der Waals surface area contributed by atoms with E-state index in [9.17, 15) is 9.90 Å². The summed E-state index contributed by atoms with van der Waals surface area (Å²) in [5, 5.41) is 10.5. The van der Waals surface area contributed by atoms with Crippen LogP contribution < -0.4 is 0 Å². The average molecular weight is 285 g/mol. The van der Waals surface area contributed by atoms with E-state index in [0.29, 0.717) is 24.1 Å². The monoisotopic (exact) mass is 285 g/mol. The SMILES string of the molecule is CCCN=C1CC(C)(C)CC(=O)/C1=C(/O)c1ccccc1. The first-order valence-corrected chi connectivity index (χ1v) is 7.50. The van der Waals surface area contributed by atoms with Gasteiger partial charge in [0.15, 0.2) is 5.78 Å². The van der Waals surface area contributed by atoms with Gasteiger partial charge in [0.1, 0.15) is 5.76 Å². The molecule has 2 rings (SSSR count). The minimum absolute atomic E-state index is 0.0116. The van der Waals surface area contributed by atoms with Gasteiger partial charge in [-0.1, -0.05) is 51.1 Å². The predicted octanol–water partition coefficient (Wildman–Crippen LogP) is 4.20. The summed E-state index contributed by atoms with van der Waals surface area (Å²) in [4.78, 5) is 17.1. The topological polar surface area (TPSA) is 49.7 Å². The first kappa shape index (κ1) is 15.5. The highest BCUT2D eigenvalue weighted by atomic mass is 16.3. The van der Waals surface area contributed by atoms with Gasteiger partial charge in [-0.3, -0.25) is 9.79 Å². The molecule has 1 aliphatic carbocycles. The lowest BCUT2D eigenvalue weighted by Crippen LogP contribution is -2.32. The van der Waals surface area contributed by atoms with Crippen LogP contribution in [0, 0.1) is 5.41 Å². The van der Waals surface area contributed by atoms with E-state index < -0.39 is 0 Å². The van der Waals surface area contributed by atoms with Crippen molar-refractivity contribution in [3.8, 4) is 0 Å². The average Bonchev–Trinajstić information content (AvgIpc) is 2.44. The van der Waals surface area contributed by atoms with E-state index >= 15 is 0 Å². The van der Waals surface area contributed by atoms with Crippen LogP contribution in [-0.4, -0.2) is 23.1 Å². The molecule has 1 aromatic carbocycles. The van der Waals surface area contributed by atoms with Crippen molar-refractivity contribution >= 4 is 17.3 Å². The van der Waals surface area contributed by atoms with E-state index in [1.807, 2.05) is 30.3 Å². The van der Waals surface area contributed by atoms with Gasteiger partial charge in [0.25, 0.3) is 0 Å². The fourth-order valence-electron chi connectivity index (χ4n) is 2.68. The van der Waals surface area contributed by atoms with Gasteiger partial charge in [-0.05, 0) is 18.3 Å². The van der Waals surface area contributed by atoms with Gasteiger partial charge < -0.3 is 5.11 Å². The molecule has 0 unspecified atom stereocenters. The lowest BCUT2D eigenvalue weighted by atomic mass is 9.73. The second kappa shape index (κ2) is 6.25. The molecule has 1 N–H and O–H groups in total. The molecule has 3 heteroatoms. The molecular weight excluding hydrogens is 262 g/mol. The van der Waals surface area contributed by atoms with Gasteiger partial charge in [-0.2, -0.15) is 0 Å². The summed E-state index contributed by atoms with van der Waals surface area (Å²) in [6.45, 7) is 6.88. The number of carbonyl (C=O) groups is 1. The molecule has 0 aromatic heterocycles. The maximum Gasteiger partial charge on any atom is 0.168 e. The van der Waals surface area contributed by atoms with Crippen molar-refractivity contribution in [1.82, 2.24) is 0 Å². The molecule has 1 fully saturated rings. The summed E-state index contributed by atoms with van der Waals surface area (Å²) in [7, 11) is 0. The summed E-state index contributed by atoms with van der Waals surface area (Å²) < 4.78 is 0. The van der Waals surface area contributed by atoms with Crippen molar-refractivity contribution in [2.75, 3.05) is 6.54 Å². The number of nitrogens with zero attached hydrogens (tertiary/aromatic N) is 1. The van der Waals surface area contributed by atoms with Crippen molar-refractivity contribution in [3.05, 3.63) is 41.5 Å². The van der Waals surface area contributed by atoms with Gasteiger partial charge in [-0.15, -0.1) is 0 Å². The van der Waals surface area contributed by atoms with Crippen molar-refractivity contribution < 1.29 is 9.90 Å². The van der Waals surface area contributed by atoms with Gasteiger partial charge in [0.2, 0.25) is 0 Å². The highest BCUT2D eigenvalue weighted by Gasteiger charge is 2.36. The molecular formula is C18H23NO2. The summed E-state index contributed by atoms with van der Waals surface area (Å²) in [6.07, 6.45) is 2.10. The van der Waals surface area contributed by atoms with E-state index in [2.05, 4.69) is 25.8 Å². The van der Waals surface area contributed by atoms with Gasteiger partial charge in [-0.25, -0.2) is 0 Å². The Labute approximate surface area is 126 Å². The molecule has 0 atom stereocenters. The number of benzene rings is 1. The Hall–Kier alpha value is -1.90. The Morgan fingerprint density at radius 2 is 1.90 bits per heavy atom. The zero-order valence-corrected chi connectivity index (χ0v) is 13.0. The van der Waals surface area contributed by atoms with Crippen molar-refractivity contribution in [3.63, 3.8) is 0 Å². The molecule has 1 aliphatic rings. The van der Waals surface area contributed by atoms with E-state index in [4.69, 9.17) is 0 Å². The normalized spacial score (nSPS) is 22.4. The maximum absolute atomic E-state index is 12.5. The smallest absolute Gasteiger partial charge is 0.168 e. The quantitative estimate of drug-likeness (QED) is 0.668. The van der Waals surface area contributed by atoms with Crippen LogP contribution >= 0.6 is 0 Å². The summed E-state index contributed by atoms with van der Waals surface area (Å²) in [5.41, 5.74) is 1.74. The Kier molecular flexibility index (Phi) is 4.61. The molecule has 1 saturated carbocycles. The van der Waals surface area contributed by atoms with Crippen molar-refractivity contribution in [2.45, 2.75) is 40.0 Å². The highest BCUT2D eigenvalue weighted by Crippen LogP contribution is 2.36. The lowest BCUT2D eigenvalue weighted by molar-refractivity contribution is -0.117. The van der Waals surface area contributed by atoms with Crippen LogP contribution in [0.4, 0.5) is 0 Å². The Bertz CT molecular complexity index is 582. The second-order valence-corrected chi connectivity index (χ2v) is 6.36. The van der Waals surface area contributed by atoms with Crippen LogP contribution in [0.1, 0.15) is 45.6 Å². The van der Waals surface area contributed by atoms with Crippen molar-refractivity contribution in [1.29, 1.82) is 0 Å². The van der Waals surface area contributed by atoms with Crippen LogP contribution in [0.15, 0.2) is 40.9 Å². The zero-order valence-electron chi connectivity index (χ0n) is 13.0. The molecule has 0 radical (unpaired) electrons. The third-order valence-corrected chi connectivity index (χ3v) is 3.66. The number of aliphatic imine (C=N–C) groups is 1. The van der Waals surface area contributed by atoms with Crippen LogP contribution in [-0.2, 0) is 4.79 Å². The number of hydrogen-bond donors (Lipinski definition) is 1. The molecule has 1 aromatic rings. The number of ketones is 1. The first-order valence-electron chi connectivity index (χ1n) is 7.50. The fraction of sp³-hybridized carbons (Fsp3) is 0.444. The summed E-state index contributed by atoms with van der Waals surface area (Å²) >= 11 is 0. The molecule has 3 nitrogen and oxygen atoms in total. The fourth-order valence-corrected chi connectivity index (χ4v) is 2.68. The van der Waals surface area contributed by atoms with Gasteiger partial charge >= 0.3 is 0 Å². The molecule has 0 bridgehead atoms. The van der Waals surface area contributed by atoms with Crippen LogP contribution in [0.5, 0.6) is 0 Å². The Morgan fingerprint density at radius 3 is 2.52 bits per heavy atom. The Morgan fingerprint density at radius 1 is 1.24 bits per heavy atom. The number of allylic oxidation sites excluding steroid dienone is 1. The molecule has 0 spiro atoms. The van der Waals surface area contributed by atoms with E-state index in [1.54, 1.807) is 0 Å². The van der Waals surface area contributed by atoms with Crippen molar-refractivity contribution in [2.24, 2.45) is 10.4 Å². The third kappa shape index (κ3) is 3.60. The molecule has 21 heavy (non-hydrogen) atoms. The first-order chi connectivity index (χ1) is 9.94. The standard InChI is InChI=1S/C18H23NO2/c1-4-10-19-14-11-18(2,3)12-15(20)16(14)17(21)13-8-6-5-7-9-13/h5-9,21H,4,10-12H2,1-3H3/b17-16+,19-14?. The Balaban J connectivity index is 2.50. The van der Waals surface area contributed by atoms with Crippen LogP contribution in [0.2, 0.25) is 0 Å². The molecule has 0 saturated heterocycles. The van der Waals surface area contributed by atoms with Crippen LogP contribution in [0.3, 0.4) is 0 Å². The number of carbonyl (C=O) groups excluding carboxylic acids is 1. The molecule has 112 valence electrons. The predicted molar refractivity (Wildman–Crippen MR) is 86.6 cm³/mol. The summed E-state index contributed by atoms with van der Waals surface area (Å²) in [5.74, 6) is 0.0495. The number of rotatable bonds is 3. The molecule has 0 amide bonds. The van der Waals surface area contributed by atoms with Gasteiger partial charge in [0.05, 0.1) is 5.57 Å². The zero-order chi connectivity index (χ0) is 15.5. The maximum atomic E-state index is 12.5. The summed E-state index contributed by atoms with van der Waals surface area (Å²) in [6, 6.07) is 9.22. The molecule has 0 aliphatic heterocycles. The van der Waals surface area contributed by atoms with Crippen LogP contribution in [0.25, 0.3) is 5.76 Å².